The fourth-order valence-corrected chi connectivity index (χ4v) is 2.92. The minimum Gasteiger partial charge on any atom is -0.383 e. The van der Waals surface area contributed by atoms with Gasteiger partial charge in [0.25, 0.3) is 0 Å². The van der Waals surface area contributed by atoms with Crippen molar-refractivity contribution in [1.29, 1.82) is 0 Å². The fraction of sp³-hybridized carbons (Fsp3) is 0.263. The van der Waals surface area contributed by atoms with Crippen LogP contribution in [0, 0.1) is 0 Å². The van der Waals surface area contributed by atoms with Gasteiger partial charge in [-0.2, -0.15) is 0 Å². The quantitative estimate of drug-likeness (QED) is 0.693. The Labute approximate surface area is 146 Å². The highest BCUT2D eigenvalue weighted by Crippen LogP contribution is 2.28. The predicted molar refractivity (Wildman–Crippen MR) is 98.3 cm³/mol. The molecule has 1 amide bonds. The third kappa shape index (κ3) is 3.70. The van der Waals surface area contributed by atoms with Crippen molar-refractivity contribution >= 4 is 16.9 Å². The standard InChI is InChI=1S/C19H22N4O2/c1-23(9-10-25-2)12-13-3-5-14(6-4-13)16-11-22-19-15(7-8-21-19)17(16)18(20)24/h3-8,11H,9-10,12H2,1-2H3,(H2,20,24)(H,21,22). The Morgan fingerprint density at radius 3 is 2.72 bits per heavy atom. The highest BCUT2D eigenvalue weighted by Gasteiger charge is 2.16. The fourth-order valence-electron chi connectivity index (χ4n) is 2.92. The van der Waals surface area contributed by atoms with E-state index in [0.717, 1.165) is 29.6 Å². The second-order valence-electron chi connectivity index (χ2n) is 6.08. The summed E-state index contributed by atoms with van der Waals surface area (Å²) in [6.07, 6.45) is 3.45. The first kappa shape index (κ1) is 17.1. The van der Waals surface area contributed by atoms with Gasteiger partial charge in [-0.15, -0.1) is 0 Å². The molecule has 0 saturated carbocycles. The molecular weight excluding hydrogens is 316 g/mol. The average molecular weight is 338 g/mol. The summed E-state index contributed by atoms with van der Waals surface area (Å²) in [4.78, 5) is 21.6. The van der Waals surface area contributed by atoms with E-state index < -0.39 is 5.91 Å². The minimum absolute atomic E-state index is 0.453. The number of aromatic amines is 1. The Hall–Kier alpha value is -2.70. The molecule has 3 aromatic rings. The maximum absolute atomic E-state index is 12.0. The number of ether oxygens (including phenoxy) is 1. The van der Waals surface area contributed by atoms with Crippen molar-refractivity contribution in [2.75, 3.05) is 27.3 Å². The number of nitrogens with zero attached hydrogens (tertiary/aromatic N) is 2. The highest BCUT2D eigenvalue weighted by atomic mass is 16.5. The van der Waals surface area contributed by atoms with E-state index in [1.165, 1.54) is 5.56 Å². The SMILES string of the molecule is COCCN(C)Cc1ccc(-c2cnc3[nH]ccc3c2C(N)=O)cc1. The van der Waals surface area contributed by atoms with Crippen LogP contribution in [0.3, 0.4) is 0 Å². The smallest absolute Gasteiger partial charge is 0.250 e. The lowest BCUT2D eigenvalue weighted by Crippen LogP contribution is -2.22. The van der Waals surface area contributed by atoms with Crippen LogP contribution >= 0.6 is 0 Å². The molecule has 0 radical (unpaired) electrons. The molecule has 0 aliphatic heterocycles. The summed E-state index contributed by atoms with van der Waals surface area (Å²) < 4.78 is 5.10. The van der Waals surface area contributed by atoms with Crippen LogP contribution in [0.5, 0.6) is 0 Å². The minimum atomic E-state index is -0.453. The number of aromatic nitrogens is 2. The lowest BCUT2D eigenvalue weighted by atomic mass is 9.98. The number of rotatable bonds is 7. The molecule has 25 heavy (non-hydrogen) atoms. The maximum atomic E-state index is 12.0. The van der Waals surface area contributed by atoms with E-state index in [1.54, 1.807) is 19.5 Å². The van der Waals surface area contributed by atoms with Crippen molar-refractivity contribution in [2.45, 2.75) is 6.54 Å². The molecule has 0 bridgehead atoms. The number of pyridine rings is 1. The molecule has 0 unspecified atom stereocenters. The Kier molecular flexibility index (Phi) is 5.11. The van der Waals surface area contributed by atoms with Gasteiger partial charge in [-0.3, -0.25) is 9.69 Å². The van der Waals surface area contributed by atoms with Crippen LogP contribution in [0.1, 0.15) is 15.9 Å². The van der Waals surface area contributed by atoms with Crippen LogP contribution in [-0.2, 0) is 11.3 Å². The van der Waals surface area contributed by atoms with Crippen molar-refractivity contribution < 1.29 is 9.53 Å². The van der Waals surface area contributed by atoms with Crippen LogP contribution in [0.15, 0.2) is 42.7 Å². The molecule has 0 spiro atoms. The van der Waals surface area contributed by atoms with Gasteiger partial charge in [0.1, 0.15) is 5.65 Å². The Morgan fingerprint density at radius 1 is 1.28 bits per heavy atom. The number of carbonyl (C=O) groups excluding carboxylic acids is 1. The van der Waals surface area contributed by atoms with Gasteiger partial charge in [-0.05, 0) is 24.2 Å². The third-order valence-corrected chi connectivity index (χ3v) is 4.23. The molecule has 6 nitrogen and oxygen atoms in total. The molecule has 6 heteroatoms. The van der Waals surface area contributed by atoms with Crippen LogP contribution < -0.4 is 5.73 Å². The summed E-state index contributed by atoms with van der Waals surface area (Å²) in [7, 11) is 3.76. The molecule has 0 fully saturated rings. The second-order valence-corrected chi connectivity index (χ2v) is 6.08. The number of H-pyrrole nitrogens is 1. The Balaban J connectivity index is 1.88. The van der Waals surface area contributed by atoms with E-state index in [1.807, 2.05) is 18.2 Å². The first-order valence-corrected chi connectivity index (χ1v) is 8.13. The molecule has 3 rings (SSSR count). The van der Waals surface area contributed by atoms with E-state index in [4.69, 9.17) is 10.5 Å². The molecule has 130 valence electrons. The van der Waals surface area contributed by atoms with E-state index >= 15 is 0 Å². The predicted octanol–water partition coefficient (Wildman–Crippen LogP) is 2.41. The van der Waals surface area contributed by atoms with Gasteiger partial charge in [0.05, 0.1) is 12.2 Å². The number of amides is 1. The lowest BCUT2D eigenvalue weighted by molar-refractivity contribution is 0.100. The Morgan fingerprint density at radius 2 is 2.04 bits per heavy atom. The molecule has 2 aromatic heterocycles. The molecule has 0 aliphatic rings. The molecule has 1 aromatic carbocycles. The zero-order valence-corrected chi connectivity index (χ0v) is 14.5. The zero-order chi connectivity index (χ0) is 17.8. The first-order chi connectivity index (χ1) is 12.1. The number of nitrogens with one attached hydrogen (secondary N) is 1. The zero-order valence-electron chi connectivity index (χ0n) is 14.5. The summed E-state index contributed by atoms with van der Waals surface area (Å²) in [6.45, 7) is 2.42. The van der Waals surface area contributed by atoms with Crippen LogP contribution in [0.25, 0.3) is 22.2 Å². The molecule has 0 atom stereocenters. The number of fused-ring (bicyclic) bond motifs is 1. The summed E-state index contributed by atoms with van der Waals surface area (Å²) in [6, 6.07) is 9.95. The van der Waals surface area contributed by atoms with E-state index in [-0.39, 0.29) is 0 Å². The summed E-state index contributed by atoms with van der Waals surface area (Å²) in [5.41, 5.74) is 9.64. The van der Waals surface area contributed by atoms with Crippen molar-refractivity contribution in [3.05, 3.63) is 53.9 Å². The molecule has 0 aliphatic carbocycles. The van der Waals surface area contributed by atoms with Gasteiger partial charge >= 0.3 is 0 Å². The molecular formula is C19H22N4O2. The van der Waals surface area contributed by atoms with E-state index in [9.17, 15) is 4.79 Å². The largest absolute Gasteiger partial charge is 0.383 e. The number of primary amides is 1. The van der Waals surface area contributed by atoms with Gasteiger partial charge < -0.3 is 15.5 Å². The number of likely N-dealkylation sites (N-methyl/N-ethyl adjacent to an activating group) is 1. The van der Waals surface area contributed by atoms with Gasteiger partial charge in [0, 0.05) is 43.5 Å². The van der Waals surface area contributed by atoms with Gasteiger partial charge in [0.15, 0.2) is 0 Å². The van der Waals surface area contributed by atoms with E-state index in [2.05, 4.69) is 34.0 Å². The number of carbonyl (C=O) groups is 1. The maximum Gasteiger partial charge on any atom is 0.250 e. The molecule has 3 N–H and O–H groups in total. The number of hydrogen-bond acceptors (Lipinski definition) is 4. The lowest BCUT2D eigenvalue weighted by Gasteiger charge is -2.16. The van der Waals surface area contributed by atoms with Crippen LogP contribution in [-0.4, -0.2) is 48.1 Å². The van der Waals surface area contributed by atoms with Crippen molar-refractivity contribution in [1.82, 2.24) is 14.9 Å². The number of benzene rings is 1. The molecule has 2 heterocycles. The summed E-state index contributed by atoms with van der Waals surface area (Å²) >= 11 is 0. The monoisotopic (exact) mass is 338 g/mol. The summed E-state index contributed by atoms with van der Waals surface area (Å²) in [5.74, 6) is -0.453. The second kappa shape index (κ2) is 7.46. The van der Waals surface area contributed by atoms with Gasteiger partial charge in [-0.1, -0.05) is 24.3 Å². The number of methoxy groups -OCH3 is 1. The van der Waals surface area contributed by atoms with Gasteiger partial charge in [-0.25, -0.2) is 4.98 Å². The number of nitrogens with two attached hydrogens (primary N) is 1. The Bertz CT molecular complexity index is 871. The van der Waals surface area contributed by atoms with Crippen molar-refractivity contribution in [2.24, 2.45) is 5.73 Å². The highest BCUT2D eigenvalue weighted by molar-refractivity contribution is 6.10. The normalized spacial score (nSPS) is 11.3. The molecule has 0 saturated heterocycles. The summed E-state index contributed by atoms with van der Waals surface area (Å²) in [5, 5.41) is 0.744. The van der Waals surface area contributed by atoms with Crippen LogP contribution in [0.2, 0.25) is 0 Å². The number of hydrogen-bond donors (Lipinski definition) is 2. The van der Waals surface area contributed by atoms with E-state index in [0.29, 0.717) is 17.8 Å². The third-order valence-electron chi connectivity index (χ3n) is 4.23. The van der Waals surface area contributed by atoms with Crippen molar-refractivity contribution in [3.8, 4) is 11.1 Å². The van der Waals surface area contributed by atoms with Crippen molar-refractivity contribution in [3.63, 3.8) is 0 Å². The topological polar surface area (TPSA) is 84.2 Å². The first-order valence-electron chi connectivity index (χ1n) is 8.13. The van der Waals surface area contributed by atoms with Crippen LogP contribution in [0.4, 0.5) is 0 Å². The average Bonchev–Trinajstić information content (AvgIpc) is 3.08. The van der Waals surface area contributed by atoms with Gasteiger partial charge in [0.2, 0.25) is 5.91 Å².